The molecule has 0 saturated heterocycles. The number of aliphatic carboxylic acids is 1. The smallest absolute Gasteiger partial charge is 0.303 e. The van der Waals surface area contributed by atoms with E-state index < -0.39 is 5.97 Å². The van der Waals surface area contributed by atoms with Gasteiger partial charge < -0.3 is 5.11 Å². The lowest BCUT2D eigenvalue weighted by Crippen LogP contribution is -2.02. The van der Waals surface area contributed by atoms with E-state index in [1.807, 2.05) is 19.1 Å². The minimum absolute atomic E-state index is 0.0104. The normalized spacial score (nSPS) is 12.5. The number of rotatable bonds is 3. The molecule has 0 heterocycles. The van der Waals surface area contributed by atoms with Crippen LogP contribution in [-0.4, -0.2) is 11.1 Å². The van der Waals surface area contributed by atoms with Crippen LogP contribution in [0, 0.1) is 0 Å². The van der Waals surface area contributed by atoms with Crippen molar-refractivity contribution < 1.29 is 9.90 Å². The lowest BCUT2D eigenvalue weighted by atomic mass is 9.98. The van der Waals surface area contributed by atoms with E-state index in [0.29, 0.717) is 5.02 Å². The van der Waals surface area contributed by atoms with Crippen molar-refractivity contribution in [1.82, 2.24) is 0 Å². The van der Waals surface area contributed by atoms with Crippen LogP contribution in [0.5, 0.6) is 0 Å². The Morgan fingerprint density at radius 3 is 2.85 bits per heavy atom. The van der Waals surface area contributed by atoms with E-state index in [9.17, 15) is 4.79 Å². The lowest BCUT2D eigenvalue weighted by molar-refractivity contribution is -0.137. The molecule has 0 aliphatic carbocycles. The van der Waals surface area contributed by atoms with Crippen molar-refractivity contribution in [3.05, 3.63) is 34.9 Å². The Bertz CT molecular complexity index is 310. The van der Waals surface area contributed by atoms with Gasteiger partial charge in [-0.05, 0) is 23.6 Å². The zero-order chi connectivity index (χ0) is 9.84. The first-order valence-electron chi connectivity index (χ1n) is 4.07. The van der Waals surface area contributed by atoms with Crippen molar-refractivity contribution in [3.8, 4) is 0 Å². The molecule has 0 spiro atoms. The summed E-state index contributed by atoms with van der Waals surface area (Å²) in [5.41, 5.74) is 0.968. The molecule has 13 heavy (non-hydrogen) atoms. The Balaban J connectivity index is 2.76. The van der Waals surface area contributed by atoms with Crippen LogP contribution in [0.4, 0.5) is 0 Å². The fourth-order valence-electron chi connectivity index (χ4n) is 1.19. The fourth-order valence-corrected chi connectivity index (χ4v) is 1.39. The third-order valence-corrected chi connectivity index (χ3v) is 2.13. The second-order valence-corrected chi connectivity index (χ2v) is 3.49. The molecule has 2 nitrogen and oxygen atoms in total. The van der Waals surface area contributed by atoms with Gasteiger partial charge in [0.2, 0.25) is 0 Å². The number of hydrogen-bond acceptors (Lipinski definition) is 1. The molecule has 0 radical (unpaired) electrons. The van der Waals surface area contributed by atoms with E-state index in [2.05, 4.69) is 0 Å². The van der Waals surface area contributed by atoms with Crippen LogP contribution >= 0.6 is 11.6 Å². The number of hydrogen-bond donors (Lipinski definition) is 1. The van der Waals surface area contributed by atoms with Gasteiger partial charge in [-0.15, -0.1) is 0 Å². The summed E-state index contributed by atoms with van der Waals surface area (Å²) >= 11 is 5.78. The van der Waals surface area contributed by atoms with Gasteiger partial charge in [0.25, 0.3) is 0 Å². The summed E-state index contributed by atoms with van der Waals surface area (Å²) in [7, 11) is 0. The Morgan fingerprint density at radius 1 is 1.62 bits per heavy atom. The maximum absolute atomic E-state index is 10.4. The molecule has 0 amide bonds. The van der Waals surface area contributed by atoms with Crippen molar-refractivity contribution in [2.45, 2.75) is 19.3 Å². The van der Waals surface area contributed by atoms with E-state index in [4.69, 9.17) is 16.7 Å². The van der Waals surface area contributed by atoms with Gasteiger partial charge >= 0.3 is 5.97 Å². The van der Waals surface area contributed by atoms with Crippen LogP contribution in [-0.2, 0) is 4.79 Å². The summed E-state index contributed by atoms with van der Waals surface area (Å²) in [5, 5.41) is 9.23. The molecule has 0 aromatic heterocycles. The van der Waals surface area contributed by atoms with E-state index in [0.717, 1.165) is 5.56 Å². The number of benzene rings is 1. The first-order chi connectivity index (χ1) is 6.09. The Hall–Kier alpha value is -1.02. The maximum atomic E-state index is 10.4. The highest BCUT2D eigenvalue weighted by Crippen LogP contribution is 2.21. The van der Waals surface area contributed by atoms with E-state index in [1.54, 1.807) is 12.1 Å². The van der Waals surface area contributed by atoms with Gasteiger partial charge in [-0.3, -0.25) is 4.79 Å². The molecule has 70 valence electrons. The van der Waals surface area contributed by atoms with E-state index in [1.165, 1.54) is 0 Å². The topological polar surface area (TPSA) is 37.3 Å². The average Bonchev–Trinajstić information content (AvgIpc) is 2.03. The van der Waals surface area contributed by atoms with Gasteiger partial charge in [0.1, 0.15) is 0 Å². The quantitative estimate of drug-likeness (QED) is 0.811. The van der Waals surface area contributed by atoms with Crippen LogP contribution in [0.2, 0.25) is 5.02 Å². The maximum Gasteiger partial charge on any atom is 0.303 e. The Kier molecular flexibility index (Phi) is 3.32. The van der Waals surface area contributed by atoms with Gasteiger partial charge in [-0.2, -0.15) is 0 Å². The summed E-state index contributed by atoms with van der Waals surface area (Å²) in [6.45, 7) is 1.87. The first-order valence-corrected chi connectivity index (χ1v) is 4.44. The van der Waals surface area contributed by atoms with Crippen LogP contribution in [0.15, 0.2) is 24.3 Å². The molecular weight excluding hydrogens is 188 g/mol. The number of carboxylic acids is 1. The summed E-state index contributed by atoms with van der Waals surface area (Å²) in [5.74, 6) is -0.774. The minimum Gasteiger partial charge on any atom is -0.481 e. The SMILES string of the molecule is CC(CC(=O)O)c1cccc(Cl)c1. The number of carbonyl (C=O) groups is 1. The third kappa shape index (κ3) is 3.07. The monoisotopic (exact) mass is 198 g/mol. The largest absolute Gasteiger partial charge is 0.481 e. The van der Waals surface area contributed by atoms with Crippen molar-refractivity contribution in [1.29, 1.82) is 0 Å². The highest BCUT2D eigenvalue weighted by molar-refractivity contribution is 6.30. The molecule has 1 rings (SSSR count). The molecule has 3 heteroatoms. The summed E-state index contributed by atoms with van der Waals surface area (Å²) in [4.78, 5) is 10.4. The van der Waals surface area contributed by atoms with Crippen LogP contribution in [0.3, 0.4) is 0 Å². The van der Waals surface area contributed by atoms with Crippen molar-refractivity contribution in [3.63, 3.8) is 0 Å². The minimum atomic E-state index is -0.785. The second-order valence-electron chi connectivity index (χ2n) is 3.05. The van der Waals surface area contributed by atoms with E-state index in [-0.39, 0.29) is 12.3 Å². The van der Waals surface area contributed by atoms with Gasteiger partial charge in [0.05, 0.1) is 6.42 Å². The van der Waals surface area contributed by atoms with Gasteiger partial charge in [-0.25, -0.2) is 0 Å². The molecule has 0 aliphatic rings. The van der Waals surface area contributed by atoms with Gasteiger partial charge in [0, 0.05) is 5.02 Å². The predicted octanol–water partition coefficient (Wildman–Crippen LogP) is 2.92. The Labute approximate surface area is 82.2 Å². The molecule has 1 unspecified atom stereocenters. The first kappa shape index (κ1) is 10.1. The highest BCUT2D eigenvalue weighted by Gasteiger charge is 2.09. The predicted molar refractivity (Wildman–Crippen MR) is 52.1 cm³/mol. The van der Waals surface area contributed by atoms with Crippen LogP contribution in [0.25, 0.3) is 0 Å². The zero-order valence-corrected chi connectivity index (χ0v) is 8.08. The molecule has 0 fully saturated rings. The molecule has 1 N–H and O–H groups in total. The van der Waals surface area contributed by atoms with Crippen LogP contribution in [0.1, 0.15) is 24.8 Å². The van der Waals surface area contributed by atoms with Gasteiger partial charge in [0.15, 0.2) is 0 Å². The van der Waals surface area contributed by atoms with Crippen molar-refractivity contribution in [2.75, 3.05) is 0 Å². The lowest BCUT2D eigenvalue weighted by Gasteiger charge is -2.08. The standard InChI is InChI=1S/C10H11ClO2/c1-7(5-10(12)13)8-3-2-4-9(11)6-8/h2-4,6-7H,5H2,1H3,(H,12,13). The fraction of sp³-hybridized carbons (Fsp3) is 0.300. The molecule has 1 aromatic rings. The molecule has 0 bridgehead atoms. The summed E-state index contributed by atoms with van der Waals surface area (Å²) in [6.07, 6.45) is 0.139. The average molecular weight is 199 g/mol. The number of halogens is 1. The summed E-state index contributed by atoms with van der Waals surface area (Å²) in [6, 6.07) is 7.29. The molecule has 0 aliphatic heterocycles. The summed E-state index contributed by atoms with van der Waals surface area (Å²) < 4.78 is 0. The zero-order valence-electron chi connectivity index (χ0n) is 7.33. The second kappa shape index (κ2) is 4.28. The number of carboxylic acid groups (broad SMARTS) is 1. The molecule has 1 atom stereocenters. The van der Waals surface area contributed by atoms with Crippen molar-refractivity contribution >= 4 is 17.6 Å². The third-order valence-electron chi connectivity index (χ3n) is 1.90. The molecule has 0 saturated carbocycles. The van der Waals surface area contributed by atoms with E-state index >= 15 is 0 Å². The molecule has 1 aromatic carbocycles. The molecular formula is C10H11ClO2. The van der Waals surface area contributed by atoms with Gasteiger partial charge in [-0.1, -0.05) is 30.7 Å². The Morgan fingerprint density at radius 2 is 2.31 bits per heavy atom. The van der Waals surface area contributed by atoms with Crippen LogP contribution < -0.4 is 0 Å². The van der Waals surface area contributed by atoms with Crippen molar-refractivity contribution in [2.24, 2.45) is 0 Å². The highest BCUT2D eigenvalue weighted by atomic mass is 35.5.